The van der Waals surface area contributed by atoms with Gasteiger partial charge in [-0.1, -0.05) is 0 Å². The van der Waals surface area contributed by atoms with Crippen molar-refractivity contribution in [1.29, 1.82) is 0 Å². The minimum atomic E-state index is -0.429. The number of aryl methyl sites for hydroxylation is 1. The molecular formula is C14H12N4O2S. The third kappa shape index (κ3) is 2.38. The van der Waals surface area contributed by atoms with E-state index < -0.39 is 4.92 Å². The van der Waals surface area contributed by atoms with Gasteiger partial charge in [0, 0.05) is 12.1 Å². The number of rotatable bonds is 3. The Bertz CT molecular complexity index is 805. The maximum atomic E-state index is 10.7. The van der Waals surface area contributed by atoms with Crippen molar-refractivity contribution in [2.24, 2.45) is 0 Å². The average Bonchev–Trinajstić information content (AvgIpc) is 3.04. The Labute approximate surface area is 124 Å². The van der Waals surface area contributed by atoms with E-state index in [4.69, 9.17) is 5.73 Å². The molecule has 0 saturated heterocycles. The topological polar surface area (TPSA) is 87.0 Å². The number of nitrogens with zero attached hydrogens (tertiary/aromatic N) is 3. The third-order valence-electron chi connectivity index (χ3n) is 3.14. The van der Waals surface area contributed by atoms with Crippen LogP contribution >= 0.6 is 11.3 Å². The number of nitrogens with two attached hydrogens (primary N) is 1. The number of anilines is 1. The van der Waals surface area contributed by atoms with Crippen molar-refractivity contribution in [2.75, 3.05) is 5.73 Å². The molecule has 3 aromatic rings. The fourth-order valence-corrected chi connectivity index (χ4v) is 2.97. The molecule has 0 amide bonds. The number of hydrogen-bond donors (Lipinski definition) is 1. The Morgan fingerprint density at radius 2 is 2.00 bits per heavy atom. The average molecular weight is 300 g/mol. The highest BCUT2D eigenvalue weighted by molar-refractivity contribution is 7.13. The van der Waals surface area contributed by atoms with Crippen molar-refractivity contribution >= 4 is 22.7 Å². The molecule has 7 heteroatoms. The Morgan fingerprint density at radius 3 is 2.57 bits per heavy atom. The fourth-order valence-electron chi connectivity index (χ4n) is 2.04. The summed E-state index contributed by atoms with van der Waals surface area (Å²) < 4.78 is 1.63. The monoisotopic (exact) mass is 300 g/mol. The van der Waals surface area contributed by atoms with Gasteiger partial charge < -0.3 is 5.73 Å². The van der Waals surface area contributed by atoms with E-state index in [9.17, 15) is 10.1 Å². The van der Waals surface area contributed by atoms with Crippen molar-refractivity contribution in [2.45, 2.75) is 6.92 Å². The number of nitro groups is 1. The van der Waals surface area contributed by atoms with Crippen LogP contribution in [0.3, 0.4) is 0 Å². The number of non-ortho nitro benzene ring substituents is 1. The summed E-state index contributed by atoms with van der Waals surface area (Å²) in [6.07, 6.45) is 1.72. The van der Waals surface area contributed by atoms with Crippen molar-refractivity contribution in [3.8, 4) is 16.3 Å². The number of nitrogen functional groups attached to an aromatic ring is 1. The first-order valence-corrected chi connectivity index (χ1v) is 7.08. The number of hydrogen-bond acceptors (Lipinski definition) is 5. The van der Waals surface area contributed by atoms with E-state index in [2.05, 4.69) is 5.10 Å². The highest BCUT2D eigenvalue weighted by Gasteiger charge is 2.13. The standard InChI is InChI=1S/C14H12N4O2S/c1-9-6-7-21-14(9)13-12(15)8-17(16-13)10-2-4-11(5-3-10)18(19)20/h2-8H,15H2,1H3. The molecular weight excluding hydrogens is 288 g/mol. The molecule has 0 radical (unpaired) electrons. The van der Waals surface area contributed by atoms with Crippen molar-refractivity contribution in [3.05, 3.63) is 57.6 Å². The minimum Gasteiger partial charge on any atom is -0.396 e. The van der Waals surface area contributed by atoms with Gasteiger partial charge >= 0.3 is 0 Å². The van der Waals surface area contributed by atoms with Crippen LogP contribution in [-0.2, 0) is 0 Å². The van der Waals surface area contributed by atoms with E-state index in [-0.39, 0.29) is 5.69 Å². The van der Waals surface area contributed by atoms with E-state index in [1.54, 1.807) is 34.3 Å². The number of nitro benzene ring substituents is 1. The van der Waals surface area contributed by atoms with Crippen LogP contribution in [-0.4, -0.2) is 14.7 Å². The second-order valence-corrected chi connectivity index (χ2v) is 5.50. The molecule has 0 fully saturated rings. The Kier molecular flexibility index (Phi) is 3.19. The molecule has 2 aromatic heterocycles. The lowest BCUT2D eigenvalue weighted by Gasteiger charge is -2.00. The van der Waals surface area contributed by atoms with Gasteiger partial charge in [-0.05, 0) is 36.1 Å². The molecule has 0 aliphatic rings. The maximum absolute atomic E-state index is 10.7. The summed E-state index contributed by atoms with van der Waals surface area (Å²) in [5, 5.41) is 17.1. The van der Waals surface area contributed by atoms with Gasteiger partial charge in [0.15, 0.2) is 0 Å². The smallest absolute Gasteiger partial charge is 0.269 e. The normalized spacial score (nSPS) is 10.7. The Hall–Kier alpha value is -2.67. The molecule has 0 bridgehead atoms. The lowest BCUT2D eigenvalue weighted by Crippen LogP contribution is -1.95. The molecule has 1 aromatic carbocycles. The summed E-state index contributed by atoms with van der Waals surface area (Å²) in [4.78, 5) is 11.3. The zero-order valence-electron chi connectivity index (χ0n) is 11.2. The molecule has 3 rings (SSSR count). The zero-order chi connectivity index (χ0) is 15.0. The summed E-state index contributed by atoms with van der Waals surface area (Å²) in [6.45, 7) is 2.01. The van der Waals surface area contributed by atoms with Gasteiger partial charge in [0.05, 0.1) is 27.4 Å². The minimum absolute atomic E-state index is 0.0493. The van der Waals surface area contributed by atoms with Crippen molar-refractivity contribution in [3.63, 3.8) is 0 Å². The van der Waals surface area contributed by atoms with E-state index in [1.165, 1.54) is 12.1 Å². The molecule has 0 saturated carbocycles. The first-order valence-electron chi connectivity index (χ1n) is 6.20. The Balaban J connectivity index is 2.01. The molecule has 0 unspecified atom stereocenters. The van der Waals surface area contributed by atoms with Crippen LogP contribution in [0.15, 0.2) is 41.9 Å². The highest BCUT2D eigenvalue weighted by atomic mass is 32.1. The predicted octanol–water partition coefficient (Wildman–Crippen LogP) is 3.40. The van der Waals surface area contributed by atoms with Crippen LogP contribution in [0.1, 0.15) is 5.56 Å². The zero-order valence-corrected chi connectivity index (χ0v) is 12.0. The third-order valence-corrected chi connectivity index (χ3v) is 4.17. The van der Waals surface area contributed by atoms with E-state index >= 15 is 0 Å². The largest absolute Gasteiger partial charge is 0.396 e. The summed E-state index contributed by atoms with van der Waals surface area (Å²) in [5.41, 5.74) is 9.26. The number of thiophene rings is 1. The van der Waals surface area contributed by atoms with E-state index in [1.807, 2.05) is 18.4 Å². The first-order chi connectivity index (χ1) is 10.1. The lowest BCUT2D eigenvalue weighted by molar-refractivity contribution is -0.384. The van der Waals surface area contributed by atoms with Gasteiger partial charge in [0.2, 0.25) is 0 Å². The maximum Gasteiger partial charge on any atom is 0.269 e. The second-order valence-electron chi connectivity index (χ2n) is 4.58. The van der Waals surface area contributed by atoms with Gasteiger partial charge in [-0.2, -0.15) is 5.10 Å². The number of aromatic nitrogens is 2. The van der Waals surface area contributed by atoms with Gasteiger partial charge in [-0.15, -0.1) is 11.3 Å². The summed E-state index contributed by atoms with van der Waals surface area (Å²) in [7, 11) is 0. The fraction of sp³-hybridized carbons (Fsp3) is 0.0714. The van der Waals surface area contributed by atoms with E-state index in [0.29, 0.717) is 5.69 Å². The van der Waals surface area contributed by atoms with Gasteiger partial charge in [0.25, 0.3) is 5.69 Å². The van der Waals surface area contributed by atoms with Crippen LogP contribution in [0.4, 0.5) is 11.4 Å². The van der Waals surface area contributed by atoms with Gasteiger partial charge in [0.1, 0.15) is 5.69 Å². The number of benzene rings is 1. The predicted molar refractivity (Wildman–Crippen MR) is 82.7 cm³/mol. The molecule has 6 nitrogen and oxygen atoms in total. The molecule has 2 N–H and O–H groups in total. The molecule has 2 heterocycles. The molecule has 0 aliphatic carbocycles. The Morgan fingerprint density at radius 1 is 1.29 bits per heavy atom. The first kappa shape index (κ1) is 13.3. The van der Waals surface area contributed by atoms with Gasteiger partial charge in [-0.25, -0.2) is 4.68 Å². The van der Waals surface area contributed by atoms with Gasteiger partial charge in [-0.3, -0.25) is 10.1 Å². The molecule has 0 aliphatic heterocycles. The van der Waals surface area contributed by atoms with Crippen LogP contribution in [0.5, 0.6) is 0 Å². The van der Waals surface area contributed by atoms with E-state index in [0.717, 1.165) is 21.8 Å². The summed E-state index contributed by atoms with van der Waals surface area (Å²) in [5.74, 6) is 0. The molecule has 0 spiro atoms. The lowest BCUT2D eigenvalue weighted by atomic mass is 10.2. The SMILES string of the molecule is Cc1ccsc1-c1nn(-c2ccc([N+](=O)[O-])cc2)cc1N. The van der Waals surface area contributed by atoms with Crippen LogP contribution in [0.25, 0.3) is 16.3 Å². The second kappa shape index (κ2) is 5.02. The summed E-state index contributed by atoms with van der Waals surface area (Å²) >= 11 is 1.59. The van der Waals surface area contributed by atoms with Crippen molar-refractivity contribution in [1.82, 2.24) is 9.78 Å². The quantitative estimate of drug-likeness (QED) is 0.593. The van der Waals surface area contributed by atoms with Crippen LogP contribution in [0, 0.1) is 17.0 Å². The van der Waals surface area contributed by atoms with Crippen LogP contribution in [0.2, 0.25) is 0 Å². The molecule has 106 valence electrons. The van der Waals surface area contributed by atoms with Crippen molar-refractivity contribution < 1.29 is 4.92 Å². The highest BCUT2D eigenvalue weighted by Crippen LogP contribution is 2.32. The molecule has 0 atom stereocenters. The summed E-state index contributed by atoms with van der Waals surface area (Å²) in [6, 6.07) is 8.21. The van der Waals surface area contributed by atoms with Crippen LogP contribution < -0.4 is 5.73 Å². The molecule has 21 heavy (non-hydrogen) atoms.